The number of hydrogen-bond acceptors (Lipinski definition) is 4. The van der Waals surface area contributed by atoms with Crippen LogP contribution in [0.5, 0.6) is 0 Å². The maximum absolute atomic E-state index is 12.5. The fourth-order valence-electron chi connectivity index (χ4n) is 3.94. The predicted molar refractivity (Wildman–Crippen MR) is 133 cm³/mol. The minimum absolute atomic E-state index is 0.0757. The number of unbranched alkanes of at least 4 members (excludes halogenated alkanes) is 1. The van der Waals surface area contributed by atoms with Gasteiger partial charge in [-0.05, 0) is 56.5 Å². The molecule has 31 heavy (non-hydrogen) atoms. The monoisotopic (exact) mass is 459 g/mol. The molecule has 4 nitrogen and oxygen atoms in total. The zero-order valence-corrected chi connectivity index (χ0v) is 20.3. The lowest BCUT2D eigenvalue weighted by molar-refractivity contribution is -0.117. The summed E-state index contributed by atoms with van der Waals surface area (Å²) < 4.78 is 0. The van der Waals surface area contributed by atoms with E-state index in [4.69, 9.17) is 11.6 Å². The predicted octanol–water partition coefficient (Wildman–Crippen LogP) is 5.13. The lowest BCUT2D eigenvalue weighted by Crippen LogP contribution is -2.46. The Hall–Kier alpha value is -1.69. The molecule has 1 fully saturated rings. The van der Waals surface area contributed by atoms with Gasteiger partial charge in [0.2, 0.25) is 5.91 Å². The quantitative estimate of drug-likeness (QED) is 0.410. The Bertz CT molecular complexity index is 841. The number of halogens is 1. The number of hydrogen-bond donors (Lipinski definition) is 1. The standard InChI is InChI=1S/C25H34ClN3OS/c1-3-9-23(22(26)4-2)29-16-14-28(15-17-29)13-8-7-12-27-25(30)21-18-20-10-5-6-11-24(20)31-19-21/h3,5-6,9-11,18H,4,7-8,12-17,19H2,1-2H3,(H,27,30)/b9-3-,23-22-. The molecule has 3 rings (SSSR count). The second kappa shape index (κ2) is 12.4. The van der Waals surface area contributed by atoms with E-state index in [-0.39, 0.29) is 5.91 Å². The van der Waals surface area contributed by atoms with Crippen molar-refractivity contribution in [1.29, 1.82) is 0 Å². The molecular formula is C25H34ClN3OS. The summed E-state index contributed by atoms with van der Waals surface area (Å²) in [6.07, 6.45) is 9.20. The first-order valence-electron chi connectivity index (χ1n) is 11.3. The molecule has 0 aliphatic carbocycles. The van der Waals surface area contributed by atoms with Crippen molar-refractivity contribution in [1.82, 2.24) is 15.1 Å². The zero-order valence-electron chi connectivity index (χ0n) is 18.7. The highest BCUT2D eigenvalue weighted by Gasteiger charge is 2.19. The molecule has 1 saturated heterocycles. The number of fused-ring (bicyclic) bond motifs is 1. The van der Waals surface area contributed by atoms with E-state index >= 15 is 0 Å². The van der Waals surface area contributed by atoms with E-state index in [1.165, 1.54) is 10.6 Å². The largest absolute Gasteiger partial charge is 0.368 e. The molecule has 0 aromatic heterocycles. The molecular weight excluding hydrogens is 426 g/mol. The first kappa shape index (κ1) is 24.0. The Balaban J connectivity index is 1.34. The van der Waals surface area contributed by atoms with Gasteiger partial charge >= 0.3 is 0 Å². The van der Waals surface area contributed by atoms with Crippen LogP contribution in [0.2, 0.25) is 0 Å². The fraction of sp³-hybridized carbons (Fsp3) is 0.480. The summed E-state index contributed by atoms with van der Waals surface area (Å²) in [5.41, 5.74) is 3.19. The van der Waals surface area contributed by atoms with Gasteiger partial charge in [0.25, 0.3) is 0 Å². The van der Waals surface area contributed by atoms with Crippen LogP contribution in [0.15, 0.2) is 57.6 Å². The van der Waals surface area contributed by atoms with Crippen LogP contribution >= 0.6 is 23.4 Å². The molecule has 168 valence electrons. The number of thioether (sulfide) groups is 1. The average Bonchev–Trinajstić information content (AvgIpc) is 2.82. The summed E-state index contributed by atoms with van der Waals surface area (Å²) in [7, 11) is 0. The molecule has 1 amide bonds. The molecule has 0 atom stereocenters. The summed E-state index contributed by atoms with van der Waals surface area (Å²) in [5.74, 6) is 0.824. The first-order valence-corrected chi connectivity index (χ1v) is 12.7. The van der Waals surface area contributed by atoms with E-state index in [9.17, 15) is 4.79 Å². The molecule has 0 unspecified atom stereocenters. The van der Waals surface area contributed by atoms with Crippen LogP contribution in [0.4, 0.5) is 0 Å². The Morgan fingerprint density at radius 1 is 1.19 bits per heavy atom. The number of allylic oxidation sites excluding steroid dienone is 3. The summed E-state index contributed by atoms with van der Waals surface area (Å²) in [5, 5.41) is 4.04. The third-order valence-corrected chi connectivity index (χ3v) is 7.34. The Morgan fingerprint density at radius 2 is 1.97 bits per heavy atom. The molecule has 0 radical (unpaired) electrons. The van der Waals surface area contributed by atoms with Crippen molar-refractivity contribution < 1.29 is 4.79 Å². The van der Waals surface area contributed by atoms with Gasteiger partial charge in [0.1, 0.15) is 0 Å². The lowest BCUT2D eigenvalue weighted by Gasteiger charge is -2.37. The van der Waals surface area contributed by atoms with E-state index in [0.717, 1.165) is 80.5 Å². The minimum Gasteiger partial charge on any atom is -0.368 e. The lowest BCUT2D eigenvalue weighted by atomic mass is 10.1. The Kier molecular flexibility index (Phi) is 9.56. The van der Waals surface area contributed by atoms with E-state index in [0.29, 0.717) is 0 Å². The Labute approximate surface area is 196 Å². The van der Waals surface area contributed by atoms with Crippen molar-refractivity contribution in [2.24, 2.45) is 0 Å². The summed E-state index contributed by atoms with van der Waals surface area (Å²) in [6, 6.07) is 8.25. The highest BCUT2D eigenvalue weighted by Crippen LogP contribution is 2.31. The zero-order chi connectivity index (χ0) is 22.1. The van der Waals surface area contributed by atoms with Gasteiger partial charge < -0.3 is 10.2 Å². The van der Waals surface area contributed by atoms with Gasteiger partial charge in [0, 0.05) is 54.0 Å². The molecule has 0 spiro atoms. The van der Waals surface area contributed by atoms with E-state index in [1.807, 2.05) is 25.1 Å². The van der Waals surface area contributed by atoms with Crippen LogP contribution in [-0.4, -0.2) is 60.7 Å². The van der Waals surface area contributed by atoms with Crippen molar-refractivity contribution in [2.45, 2.75) is 38.0 Å². The van der Waals surface area contributed by atoms with Crippen LogP contribution in [0.3, 0.4) is 0 Å². The van der Waals surface area contributed by atoms with Gasteiger partial charge in [0.05, 0.1) is 5.70 Å². The maximum Gasteiger partial charge on any atom is 0.248 e. The number of benzene rings is 1. The van der Waals surface area contributed by atoms with Gasteiger partial charge in [-0.2, -0.15) is 0 Å². The maximum atomic E-state index is 12.5. The molecule has 0 bridgehead atoms. The molecule has 0 saturated carbocycles. The number of nitrogens with one attached hydrogen (secondary N) is 1. The minimum atomic E-state index is 0.0757. The Morgan fingerprint density at radius 3 is 2.71 bits per heavy atom. The second-order valence-electron chi connectivity index (χ2n) is 7.93. The highest BCUT2D eigenvalue weighted by atomic mass is 35.5. The third kappa shape index (κ3) is 6.90. The first-order chi connectivity index (χ1) is 15.1. The van der Waals surface area contributed by atoms with E-state index in [1.54, 1.807) is 11.8 Å². The summed E-state index contributed by atoms with van der Waals surface area (Å²) in [6.45, 7) is 10.1. The third-order valence-electron chi connectivity index (χ3n) is 5.74. The van der Waals surface area contributed by atoms with Gasteiger partial charge in [-0.3, -0.25) is 9.69 Å². The van der Waals surface area contributed by atoms with E-state index < -0.39 is 0 Å². The van der Waals surface area contributed by atoms with Gasteiger partial charge in [-0.1, -0.05) is 42.8 Å². The highest BCUT2D eigenvalue weighted by molar-refractivity contribution is 7.99. The van der Waals surface area contributed by atoms with Crippen LogP contribution in [0, 0.1) is 0 Å². The number of rotatable bonds is 9. The molecule has 2 aliphatic rings. The van der Waals surface area contributed by atoms with Crippen molar-refractivity contribution in [2.75, 3.05) is 45.0 Å². The van der Waals surface area contributed by atoms with Gasteiger partial charge in [0.15, 0.2) is 0 Å². The van der Waals surface area contributed by atoms with Crippen LogP contribution < -0.4 is 5.32 Å². The average molecular weight is 460 g/mol. The van der Waals surface area contributed by atoms with Crippen molar-refractivity contribution in [3.8, 4) is 0 Å². The SMILES string of the molecule is C/C=C\C(=C(\Cl)CC)N1CCN(CCCCNC(=O)C2=Cc3ccccc3SC2)CC1. The number of carbonyl (C=O) groups is 1. The van der Waals surface area contributed by atoms with Crippen LogP contribution in [-0.2, 0) is 4.79 Å². The molecule has 6 heteroatoms. The fourth-order valence-corrected chi connectivity index (χ4v) is 5.12. The molecule has 2 heterocycles. The summed E-state index contributed by atoms with van der Waals surface area (Å²) >= 11 is 8.18. The topological polar surface area (TPSA) is 35.6 Å². The second-order valence-corrected chi connectivity index (χ2v) is 9.40. The van der Waals surface area contributed by atoms with Crippen molar-refractivity contribution in [3.05, 3.63) is 58.3 Å². The van der Waals surface area contributed by atoms with Gasteiger partial charge in [-0.25, -0.2) is 0 Å². The molecule has 2 aliphatic heterocycles. The smallest absolute Gasteiger partial charge is 0.248 e. The van der Waals surface area contributed by atoms with E-state index in [2.05, 4.69) is 46.3 Å². The number of amides is 1. The summed E-state index contributed by atoms with van der Waals surface area (Å²) in [4.78, 5) is 18.6. The van der Waals surface area contributed by atoms with Crippen LogP contribution in [0.1, 0.15) is 38.7 Å². The van der Waals surface area contributed by atoms with Crippen molar-refractivity contribution in [3.63, 3.8) is 0 Å². The normalized spacial score (nSPS) is 17.9. The number of carbonyl (C=O) groups excluding carboxylic acids is 1. The number of piperazine rings is 1. The van der Waals surface area contributed by atoms with Crippen molar-refractivity contribution >= 4 is 35.3 Å². The van der Waals surface area contributed by atoms with Gasteiger partial charge in [-0.15, -0.1) is 11.8 Å². The molecule has 1 N–H and O–H groups in total. The molecule has 1 aromatic carbocycles. The molecule has 1 aromatic rings. The van der Waals surface area contributed by atoms with Crippen LogP contribution in [0.25, 0.3) is 6.08 Å². The number of nitrogens with zero attached hydrogens (tertiary/aromatic N) is 2.